The normalized spacial score (nSPS) is 30.6. The van der Waals surface area contributed by atoms with Crippen LogP contribution in [0.1, 0.15) is 58.8 Å². The van der Waals surface area contributed by atoms with E-state index in [1.165, 1.54) is 19.3 Å². The summed E-state index contributed by atoms with van der Waals surface area (Å²) in [6.07, 6.45) is 5.81. The van der Waals surface area contributed by atoms with Gasteiger partial charge in [0, 0.05) is 6.04 Å². The Morgan fingerprint density at radius 3 is 2.67 bits per heavy atom. The summed E-state index contributed by atoms with van der Waals surface area (Å²) < 4.78 is 5.50. The zero-order valence-electron chi connectivity index (χ0n) is 12.1. The van der Waals surface area contributed by atoms with Crippen LogP contribution >= 0.6 is 0 Å². The minimum Gasteiger partial charge on any atom is -0.468 e. The SMILES string of the molecule is CC1CCC(C(C)C)C(NC(C)c2ccco2)C1. The fourth-order valence-corrected chi connectivity index (χ4v) is 3.33. The van der Waals surface area contributed by atoms with Gasteiger partial charge in [-0.25, -0.2) is 0 Å². The van der Waals surface area contributed by atoms with Gasteiger partial charge in [-0.1, -0.05) is 27.2 Å². The lowest BCUT2D eigenvalue weighted by Gasteiger charge is -2.39. The summed E-state index contributed by atoms with van der Waals surface area (Å²) in [7, 11) is 0. The third kappa shape index (κ3) is 3.17. The fourth-order valence-electron chi connectivity index (χ4n) is 3.33. The maximum atomic E-state index is 5.50. The van der Waals surface area contributed by atoms with E-state index in [0.717, 1.165) is 23.5 Å². The number of rotatable bonds is 4. The molecule has 1 fully saturated rings. The van der Waals surface area contributed by atoms with Crippen LogP contribution in [0.25, 0.3) is 0 Å². The van der Waals surface area contributed by atoms with Crippen LogP contribution in [-0.2, 0) is 0 Å². The largest absolute Gasteiger partial charge is 0.468 e. The van der Waals surface area contributed by atoms with Crippen LogP contribution < -0.4 is 5.32 Å². The predicted molar refractivity (Wildman–Crippen MR) is 75.4 cm³/mol. The average molecular weight is 249 g/mol. The van der Waals surface area contributed by atoms with E-state index in [4.69, 9.17) is 4.42 Å². The van der Waals surface area contributed by atoms with Gasteiger partial charge in [-0.05, 0) is 49.7 Å². The number of furan rings is 1. The molecular formula is C16H27NO. The lowest BCUT2D eigenvalue weighted by molar-refractivity contribution is 0.157. The molecule has 0 bridgehead atoms. The second-order valence-electron chi connectivity index (χ2n) is 6.34. The molecule has 0 aromatic carbocycles. The fraction of sp³-hybridized carbons (Fsp3) is 0.750. The highest BCUT2D eigenvalue weighted by atomic mass is 16.3. The number of hydrogen-bond donors (Lipinski definition) is 1. The monoisotopic (exact) mass is 249 g/mol. The van der Waals surface area contributed by atoms with Crippen LogP contribution in [0.4, 0.5) is 0 Å². The Hall–Kier alpha value is -0.760. The van der Waals surface area contributed by atoms with Gasteiger partial charge in [0.05, 0.1) is 12.3 Å². The summed E-state index contributed by atoms with van der Waals surface area (Å²) >= 11 is 0. The van der Waals surface area contributed by atoms with Crippen molar-refractivity contribution in [3.8, 4) is 0 Å². The van der Waals surface area contributed by atoms with Gasteiger partial charge in [-0.15, -0.1) is 0 Å². The van der Waals surface area contributed by atoms with E-state index in [9.17, 15) is 0 Å². The lowest BCUT2D eigenvalue weighted by atomic mass is 9.74. The highest BCUT2D eigenvalue weighted by Gasteiger charge is 2.31. The second kappa shape index (κ2) is 5.92. The molecule has 2 rings (SSSR count). The first-order chi connectivity index (χ1) is 8.58. The Balaban J connectivity index is 2.00. The van der Waals surface area contributed by atoms with Crippen LogP contribution in [0.2, 0.25) is 0 Å². The Morgan fingerprint density at radius 2 is 2.06 bits per heavy atom. The van der Waals surface area contributed by atoms with Gasteiger partial charge in [0.15, 0.2) is 0 Å². The Labute approximate surface area is 111 Å². The minimum absolute atomic E-state index is 0.316. The molecule has 1 aliphatic rings. The zero-order valence-corrected chi connectivity index (χ0v) is 12.1. The lowest BCUT2D eigenvalue weighted by Crippen LogP contribution is -2.43. The van der Waals surface area contributed by atoms with Crippen molar-refractivity contribution in [2.24, 2.45) is 17.8 Å². The molecule has 4 atom stereocenters. The molecule has 0 amide bonds. The van der Waals surface area contributed by atoms with Gasteiger partial charge in [-0.3, -0.25) is 0 Å². The van der Waals surface area contributed by atoms with E-state index < -0.39 is 0 Å². The molecule has 1 aromatic rings. The molecule has 2 nitrogen and oxygen atoms in total. The molecule has 18 heavy (non-hydrogen) atoms. The van der Waals surface area contributed by atoms with E-state index in [2.05, 4.69) is 39.1 Å². The molecule has 1 N–H and O–H groups in total. The van der Waals surface area contributed by atoms with Crippen LogP contribution in [0.15, 0.2) is 22.8 Å². The summed E-state index contributed by atoms with van der Waals surface area (Å²) in [5, 5.41) is 3.79. The minimum atomic E-state index is 0.316. The number of hydrogen-bond acceptors (Lipinski definition) is 2. The molecule has 0 radical (unpaired) electrons. The van der Waals surface area contributed by atoms with Gasteiger partial charge in [0.25, 0.3) is 0 Å². The van der Waals surface area contributed by atoms with Crippen molar-refractivity contribution < 1.29 is 4.42 Å². The maximum absolute atomic E-state index is 5.50. The van der Waals surface area contributed by atoms with Gasteiger partial charge < -0.3 is 9.73 Å². The van der Waals surface area contributed by atoms with Crippen molar-refractivity contribution in [1.82, 2.24) is 5.32 Å². The molecule has 1 saturated carbocycles. The Bertz CT molecular complexity index is 344. The van der Waals surface area contributed by atoms with Gasteiger partial charge in [0.1, 0.15) is 5.76 Å². The van der Waals surface area contributed by atoms with Crippen LogP contribution in [0.3, 0.4) is 0 Å². The quantitative estimate of drug-likeness (QED) is 0.856. The molecule has 0 saturated heterocycles. The van der Waals surface area contributed by atoms with Crippen LogP contribution in [-0.4, -0.2) is 6.04 Å². The zero-order chi connectivity index (χ0) is 13.1. The van der Waals surface area contributed by atoms with Crippen LogP contribution in [0, 0.1) is 17.8 Å². The average Bonchev–Trinajstić information content (AvgIpc) is 2.81. The summed E-state index contributed by atoms with van der Waals surface area (Å²) in [5.41, 5.74) is 0. The van der Waals surface area contributed by atoms with E-state index in [1.807, 2.05) is 6.07 Å². The van der Waals surface area contributed by atoms with E-state index in [-0.39, 0.29) is 0 Å². The Kier molecular flexibility index (Phi) is 4.50. The summed E-state index contributed by atoms with van der Waals surface area (Å²) in [5.74, 6) is 3.47. The Morgan fingerprint density at radius 1 is 1.28 bits per heavy atom. The summed E-state index contributed by atoms with van der Waals surface area (Å²) in [4.78, 5) is 0. The summed E-state index contributed by atoms with van der Waals surface area (Å²) in [6.45, 7) is 9.29. The molecule has 2 heteroatoms. The third-order valence-corrected chi connectivity index (χ3v) is 4.46. The van der Waals surface area contributed by atoms with E-state index in [0.29, 0.717) is 12.1 Å². The van der Waals surface area contributed by atoms with Crippen molar-refractivity contribution in [2.75, 3.05) is 0 Å². The second-order valence-corrected chi connectivity index (χ2v) is 6.34. The molecule has 1 aliphatic carbocycles. The van der Waals surface area contributed by atoms with Crippen molar-refractivity contribution >= 4 is 0 Å². The highest BCUT2D eigenvalue weighted by molar-refractivity contribution is 5.04. The first-order valence-corrected chi connectivity index (χ1v) is 7.37. The first-order valence-electron chi connectivity index (χ1n) is 7.37. The van der Waals surface area contributed by atoms with Gasteiger partial charge in [0.2, 0.25) is 0 Å². The molecule has 4 unspecified atom stereocenters. The molecular weight excluding hydrogens is 222 g/mol. The maximum Gasteiger partial charge on any atom is 0.120 e. The number of nitrogens with one attached hydrogen (secondary N) is 1. The molecule has 1 heterocycles. The first kappa shape index (κ1) is 13.7. The molecule has 0 aliphatic heterocycles. The van der Waals surface area contributed by atoms with Crippen molar-refractivity contribution in [3.05, 3.63) is 24.2 Å². The van der Waals surface area contributed by atoms with Crippen molar-refractivity contribution in [2.45, 2.75) is 59.0 Å². The van der Waals surface area contributed by atoms with Crippen molar-refractivity contribution in [3.63, 3.8) is 0 Å². The van der Waals surface area contributed by atoms with Gasteiger partial charge >= 0.3 is 0 Å². The standard InChI is InChI=1S/C16H27NO/c1-11(2)14-8-7-12(3)10-15(14)17-13(4)16-6-5-9-18-16/h5-6,9,11-15,17H,7-8,10H2,1-4H3. The van der Waals surface area contributed by atoms with E-state index in [1.54, 1.807) is 6.26 Å². The summed E-state index contributed by atoms with van der Waals surface area (Å²) in [6, 6.07) is 4.98. The molecule has 102 valence electrons. The predicted octanol–water partition coefficient (Wildman–Crippen LogP) is 4.39. The van der Waals surface area contributed by atoms with Crippen molar-refractivity contribution in [1.29, 1.82) is 0 Å². The third-order valence-electron chi connectivity index (χ3n) is 4.46. The van der Waals surface area contributed by atoms with E-state index >= 15 is 0 Å². The topological polar surface area (TPSA) is 25.2 Å². The molecule has 0 spiro atoms. The van der Waals surface area contributed by atoms with Gasteiger partial charge in [-0.2, -0.15) is 0 Å². The van der Waals surface area contributed by atoms with Crippen LogP contribution in [0.5, 0.6) is 0 Å². The smallest absolute Gasteiger partial charge is 0.120 e. The highest BCUT2D eigenvalue weighted by Crippen LogP contribution is 2.34. The molecule has 1 aromatic heterocycles.